The van der Waals surface area contributed by atoms with Crippen LogP contribution in [-0.2, 0) is 90.3 Å². The zero-order chi connectivity index (χ0) is 98.5. The van der Waals surface area contributed by atoms with Gasteiger partial charge in [0.1, 0.15) is 165 Å². The predicted octanol–water partition coefficient (Wildman–Crippen LogP) is -4.47. The smallest absolute Gasteiger partial charge is 0.364 e. The van der Waals surface area contributed by atoms with Crippen molar-refractivity contribution in [2.75, 3.05) is 52.9 Å². The molecule has 45 heteroatoms. The number of rotatable bonds is 61. The van der Waals surface area contributed by atoms with Crippen molar-refractivity contribution in [3.8, 4) is 0 Å². The number of amides is 4. The number of aliphatic hydroxyl groups is 21. The van der Waals surface area contributed by atoms with E-state index in [9.17, 15) is 136 Å². The lowest BCUT2D eigenvalue weighted by atomic mass is 9.88. The van der Waals surface area contributed by atoms with Crippen LogP contribution in [0.4, 0.5) is 0 Å². The fraction of sp³-hybridized carbons (Fsp3) is 0.921. The first kappa shape index (κ1) is 117. The standard InChI is InChI=1S/C89H158N4O41/c1-6-8-10-12-14-16-18-20-21-22-23-25-27-29-31-33-35-37-60(107)93-50(51(104)36-34-32-30-28-26-24-19-17-15-13-11-9-7-2)46-121-84-71(115)70(114)76(58(44-99)126-84)129-87-74(118)81(77(59(45-100)127-87)130-82-62(91-48(4)102)68(112)65(109)54(40-95)122-82)132-85-72(116)79(66(110)55(41-96)123-85)131-83-63(92-49(5)103)69(113)75(57(43-98)125-83)128-86-73(117)80(67(111)56(42-97)124-86)134-89(88(119)120)38-52(105)61(90-47(3)101)78(133-89)64(108)53(106)39-94/h34,36,50-59,61-87,94-100,104-106,108-118H,6-33,35,37-46H2,1-5H3,(H,90,101)(H,91,102)(H,92,103)(H,93,107)(H,119,120)/b36-34+/t50-,51+,52?,53+,54?,55?,56?,57?,58?,59?,61+,62?,63?,64+,65-,66-,67-,68+,69+,70+,71?,72?,73?,74?,75+,76+,77-,78?,79-,80-,81+,82-,83-,84+,85+,86-,87-,89-/m0/s1. The summed E-state index contributed by atoms with van der Waals surface area (Å²) in [5.74, 6) is -8.48. The lowest BCUT2D eigenvalue weighted by molar-refractivity contribution is -0.402. The van der Waals surface area contributed by atoms with Crippen LogP contribution in [0.25, 0.3) is 0 Å². The number of ether oxygens (including phenoxy) is 14. The van der Waals surface area contributed by atoms with Gasteiger partial charge in [0.2, 0.25) is 23.6 Å². The van der Waals surface area contributed by atoms with E-state index in [1.807, 2.05) is 6.08 Å². The van der Waals surface area contributed by atoms with Crippen LogP contribution >= 0.6 is 0 Å². The zero-order valence-electron chi connectivity index (χ0n) is 77.7. The molecular formula is C89H158N4O41. The molecule has 0 bridgehead atoms. The van der Waals surface area contributed by atoms with Gasteiger partial charge in [-0.1, -0.05) is 193 Å². The number of hydrogen-bond acceptors (Lipinski definition) is 40. The third kappa shape index (κ3) is 34.0. The Morgan fingerprint density at radius 1 is 0.388 bits per heavy atom. The van der Waals surface area contributed by atoms with Gasteiger partial charge in [0.25, 0.3) is 5.79 Å². The number of carbonyl (C=O) groups excluding carboxylic acids is 4. The maximum Gasteiger partial charge on any atom is 0.364 e. The Morgan fingerprint density at radius 2 is 0.754 bits per heavy atom. The van der Waals surface area contributed by atoms with E-state index in [-0.39, 0.29) is 6.42 Å². The Morgan fingerprint density at radius 3 is 1.22 bits per heavy atom. The number of aliphatic carboxylic acids is 1. The fourth-order valence-electron chi connectivity index (χ4n) is 18.0. The monoisotopic (exact) mass is 1940 g/mol. The summed E-state index contributed by atoms with van der Waals surface area (Å²) in [7, 11) is 0. The van der Waals surface area contributed by atoms with Crippen molar-refractivity contribution in [3.63, 3.8) is 0 Å². The SMILES string of the molecule is CCCCCCCCCCCCC/C=C/[C@@H](O)[C@H](CO[C@@H]1OC(CO)[C@@H](O[C@@H]2OC(CO)[C@H](O[C@@H]3OC(CO)[C@H](O)[C@H](O)C3NC(C)=O)[C@H](O[C@H]3OC(CO)[C@H](O)[C@H](O[C@@H]4OC(CO)[C@@H](O[C@@H]5OC(CO)[C@H](O)[C@H](O[C@]6(C(=O)O)CC(O)[C@@H](NC(C)=O)C([C@H](O)[C@H](O)CO)O6)C5O)[C@H](O)C4NC(C)=O)C3O)C2O)[C@H](O)C1O)NC(=O)CCCCCCCCCCCCCCCCCCC. The third-order valence-electron chi connectivity index (χ3n) is 25.7. The van der Waals surface area contributed by atoms with Crippen LogP contribution in [0.2, 0.25) is 0 Å². The maximum absolute atomic E-state index is 13.7. The number of carboxylic acids is 1. The number of nitrogens with one attached hydrogen (secondary N) is 4. The van der Waals surface area contributed by atoms with Crippen molar-refractivity contribution < 1.29 is 203 Å². The lowest BCUT2D eigenvalue weighted by Gasteiger charge is -2.52. The molecular weight excluding hydrogens is 1780 g/mol. The normalized spacial score (nSPS) is 36.9. The van der Waals surface area contributed by atoms with Crippen molar-refractivity contribution in [3.05, 3.63) is 12.2 Å². The number of hydrogen-bond donors (Lipinski definition) is 26. The maximum atomic E-state index is 13.7. The van der Waals surface area contributed by atoms with Crippen LogP contribution in [0.5, 0.6) is 0 Å². The minimum atomic E-state index is -3.27. The summed E-state index contributed by atoms with van der Waals surface area (Å²) in [6, 6.07) is -6.68. The summed E-state index contributed by atoms with van der Waals surface area (Å²) in [4.78, 5) is 65.2. The Hall–Kier alpha value is -4.31. The van der Waals surface area contributed by atoms with Crippen LogP contribution < -0.4 is 21.3 Å². The molecule has 134 heavy (non-hydrogen) atoms. The average molecular weight is 1940 g/mol. The van der Waals surface area contributed by atoms with E-state index in [4.69, 9.17) is 66.3 Å². The number of unbranched alkanes of at least 4 members (excludes halogenated alkanes) is 27. The molecule has 14 unspecified atom stereocenters. The largest absolute Gasteiger partial charge is 0.477 e. The minimum Gasteiger partial charge on any atom is -0.477 e. The Kier molecular flexibility index (Phi) is 52.4. The highest BCUT2D eigenvalue weighted by Crippen LogP contribution is 2.42. The van der Waals surface area contributed by atoms with Crippen LogP contribution in [0, 0.1) is 0 Å². The van der Waals surface area contributed by atoms with Crippen LogP contribution in [0.3, 0.4) is 0 Å². The van der Waals surface area contributed by atoms with Crippen LogP contribution in [-0.4, -0.2) is 427 Å². The molecule has 0 aromatic rings. The van der Waals surface area contributed by atoms with Gasteiger partial charge in [0.05, 0.1) is 77.1 Å². The van der Waals surface area contributed by atoms with Crippen LogP contribution in [0.15, 0.2) is 12.2 Å². The van der Waals surface area contributed by atoms with Crippen molar-refractivity contribution in [2.24, 2.45) is 0 Å². The molecule has 0 radical (unpaired) electrons. The van der Waals surface area contributed by atoms with Crippen LogP contribution in [0.1, 0.15) is 234 Å². The summed E-state index contributed by atoms with van der Waals surface area (Å²) in [6.07, 6.45) is -34.9. The first-order valence-corrected chi connectivity index (χ1v) is 48.1. The molecule has 0 spiro atoms. The van der Waals surface area contributed by atoms with Gasteiger partial charge in [-0.3, -0.25) is 19.2 Å². The molecule has 780 valence electrons. The predicted molar refractivity (Wildman–Crippen MR) is 464 cm³/mol. The highest BCUT2D eigenvalue weighted by molar-refractivity contribution is 5.77. The molecule has 7 aliphatic heterocycles. The van der Waals surface area contributed by atoms with Gasteiger partial charge in [-0.15, -0.1) is 0 Å². The second kappa shape index (κ2) is 60.2. The van der Waals surface area contributed by atoms with Gasteiger partial charge in [0, 0.05) is 33.6 Å². The first-order valence-electron chi connectivity index (χ1n) is 48.1. The molecule has 45 nitrogen and oxygen atoms in total. The summed E-state index contributed by atoms with van der Waals surface area (Å²) in [5, 5.41) is 259. The second-order valence-electron chi connectivity index (χ2n) is 36.3. The molecule has 0 aromatic heterocycles. The van der Waals surface area contributed by atoms with E-state index in [1.54, 1.807) is 0 Å². The van der Waals surface area contributed by atoms with E-state index >= 15 is 0 Å². The van der Waals surface area contributed by atoms with Gasteiger partial charge in [-0.25, -0.2) is 4.79 Å². The Balaban J connectivity index is 1.10. The average Bonchev–Trinajstić information content (AvgIpc) is 0.752. The number of carboxylic acid groups (broad SMARTS) is 1. The third-order valence-corrected chi connectivity index (χ3v) is 25.7. The number of aliphatic hydroxyl groups excluding tert-OH is 21. The van der Waals surface area contributed by atoms with E-state index in [1.165, 1.54) is 115 Å². The summed E-state index contributed by atoms with van der Waals surface area (Å²) in [6.45, 7) is -1.25. The van der Waals surface area contributed by atoms with E-state index in [0.717, 1.165) is 85.0 Å². The summed E-state index contributed by atoms with van der Waals surface area (Å²) < 4.78 is 84.2. The molecule has 0 saturated carbocycles. The molecule has 4 amide bonds. The molecule has 26 N–H and O–H groups in total. The molecule has 7 heterocycles. The highest BCUT2D eigenvalue weighted by atomic mass is 16.8. The highest BCUT2D eigenvalue weighted by Gasteiger charge is 2.63. The van der Waals surface area contributed by atoms with E-state index < -0.39 is 321 Å². The molecule has 38 atom stereocenters. The summed E-state index contributed by atoms with van der Waals surface area (Å²) >= 11 is 0. The zero-order valence-corrected chi connectivity index (χ0v) is 77.7. The van der Waals surface area contributed by atoms with Gasteiger partial charge >= 0.3 is 5.97 Å². The van der Waals surface area contributed by atoms with Crippen molar-refractivity contribution in [1.82, 2.24) is 21.3 Å². The first-order chi connectivity index (χ1) is 64.1. The molecule has 7 aliphatic rings. The molecule has 7 fully saturated rings. The number of allylic oxidation sites excluding steroid dienone is 1. The van der Waals surface area contributed by atoms with Crippen molar-refractivity contribution >= 4 is 29.6 Å². The second-order valence-corrected chi connectivity index (χ2v) is 36.3. The fourth-order valence-corrected chi connectivity index (χ4v) is 18.0. The number of carbonyl (C=O) groups is 5. The van der Waals surface area contributed by atoms with Crippen molar-refractivity contribution in [2.45, 2.75) is 466 Å². The molecule has 7 saturated heterocycles. The minimum absolute atomic E-state index is 0.119. The molecule has 0 aromatic carbocycles. The van der Waals surface area contributed by atoms with Gasteiger partial charge in [0.15, 0.2) is 37.7 Å². The quantitative estimate of drug-likeness (QED) is 0.0202. The molecule has 0 aliphatic carbocycles. The van der Waals surface area contributed by atoms with E-state index in [0.29, 0.717) is 12.8 Å². The summed E-state index contributed by atoms with van der Waals surface area (Å²) in [5.41, 5.74) is 0. The lowest BCUT2D eigenvalue weighted by Crippen LogP contribution is -2.71. The van der Waals surface area contributed by atoms with E-state index in [2.05, 4.69) is 35.1 Å². The Labute approximate surface area is 781 Å². The van der Waals surface area contributed by atoms with Gasteiger partial charge in [-0.05, 0) is 19.3 Å². The molecule has 7 rings (SSSR count). The van der Waals surface area contributed by atoms with Gasteiger partial charge < -0.3 is 200 Å². The Bertz CT molecular complexity index is 3340. The van der Waals surface area contributed by atoms with Gasteiger partial charge in [-0.2, -0.15) is 0 Å². The topological polar surface area (TPSA) is 708 Å². The van der Waals surface area contributed by atoms with Crippen molar-refractivity contribution in [1.29, 1.82) is 0 Å².